The van der Waals surface area contributed by atoms with Gasteiger partial charge in [-0.25, -0.2) is 4.39 Å². The Labute approximate surface area is 149 Å². The van der Waals surface area contributed by atoms with Crippen molar-refractivity contribution in [2.75, 3.05) is 19.6 Å². The lowest BCUT2D eigenvalue weighted by atomic mass is 9.94. The molecule has 0 radical (unpaired) electrons. The number of carbonyl (C=O) groups excluding carboxylic acids is 2. The van der Waals surface area contributed by atoms with Gasteiger partial charge in [-0.05, 0) is 57.2 Å². The van der Waals surface area contributed by atoms with Crippen LogP contribution in [0, 0.1) is 17.7 Å². The van der Waals surface area contributed by atoms with Gasteiger partial charge >= 0.3 is 0 Å². The van der Waals surface area contributed by atoms with E-state index in [-0.39, 0.29) is 35.5 Å². The summed E-state index contributed by atoms with van der Waals surface area (Å²) in [5.41, 5.74) is 0.929. The minimum absolute atomic E-state index is 0.104. The molecular weight excluding hydrogens is 319 g/mol. The van der Waals surface area contributed by atoms with E-state index >= 15 is 0 Å². The number of amides is 2. The smallest absolute Gasteiger partial charge is 0.227 e. The topological polar surface area (TPSA) is 40.6 Å². The van der Waals surface area contributed by atoms with E-state index in [9.17, 15) is 14.0 Å². The average Bonchev–Trinajstić information content (AvgIpc) is 3.47. The number of hydrogen-bond donors (Lipinski definition) is 0. The molecule has 0 spiro atoms. The summed E-state index contributed by atoms with van der Waals surface area (Å²) in [6.07, 6.45) is 3.71. The fourth-order valence-electron chi connectivity index (χ4n) is 3.74. The Balaban J connectivity index is 1.68. The van der Waals surface area contributed by atoms with Crippen LogP contribution in [0.5, 0.6) is 0 Å². The van der Waals surface area contributed by atoms with E-state index in [0.29, 0.717) is 13.1 Å². The Morgan fingerprint density at radius 3 is 2.48 bits per heavy atom. The van der Waals surface area contributed by atoms with Crippen LogP contribution in [0.25, 0.3) is 0 Å². The zero-order valence-corrected chi connectivity index (χ0v) is 15.1. The summed E-state index contributed by atoms with van der Waals surface area (Å²) in [4.78, 5) is 29.1. The number of halogens is 1. The Morgan fingerprint density at radius 1 is 1.20 bits per heavy atom. The van der Waals surface area contributed by atoms with E-state index in [1.807, 2.05) is 23.6 Å². The molecule has 1 saturated heterocycles. The molecule has 5 heteroatoms. The molecule has 136 valence electrons. The van der Waals surface area contributed by atoms with E-state index in [2.05, 4.69) is 0 Å². The summed E-state index contributed by atoms with van der Waals surface area (Å²) in [7, 11) is 0. The van der Waals surface area contributed by atoms with Gasteiger partial charge in [0.2, 0.25) is 11.8 Å². The van der Waals surface area contributed by atoms with Gasteiger partial charge < -0.3 is 9.80 Å². The Bertz CT molecular complexity index is 627. The van der Waals surface area contributed by atoms with Gasteiger partial charge in [0.25, 0.3) is 0 Å². The number of carbonyl (C=O) groups is 2. The van der Waals surface area contributed by atoms with Crippen LogP contribution in [-0.2, 0) is 9.59 Å². The SMILES string of the molecule is CCN(C(=O)[C@H]1CCCN(C(=O)C2CC2)C1)[C@@H](C)c1ccc(F)cc1. The Hall–Kier alpha value is -1.91. The van der Waals surface area contributed by atoms with Crippen molar-refractivity contribution in [2.24, 2.45) is 11.8 Å². The summed E-state index contributed by atoms with van der Waals surface area (Å²) >= 11 is 0. The number of piperidine rings is 1. The maximum Gasteiger partial charge on any atom is 0.227 e. The third-order valence-corrected chi connectivity index (χ3v) is 5.45. The molecule has 2 amide bonds. The second kappa shape index (κ2) is 7.54. The highest BCUT2D eigenvalue weighted by atomic mass is 19.1. The zero-order chi connectivity index (χ0) is 18.0. The van der Waals surface area contributed by atoms with Crippen LogP contribution < -0.4 is 0 Å². The molecule has 4 nitrogen and oxygen atoms in total. The van der Waals surface area contributed by atoms with Crippen LogP contribution in [0.1, 0.15) is 51.1 Å². The largest absolute Gasteiger partial charge is 0.342 e. The summed E-state index contributed by atoms with van der Waals surface area (Å²) in [5, 5.41) is 0. The van der Waals surface area contributed by atoms with Gasteiger partial charge in [-0.2, -0.15) is 0 Å². The Morgan fingerprint density at radius 2 is 1.88 bits per heavy atom. The van der Waals surface area contributed by atoms with Crippen LogP contribution in [0.3, 0.4) is 0 Å². The third-order valence-electron chi connectivity index (χ3n) is 5.45. The molecule has 1 aliphatic carbocycles. The summed E-state index contributed by atoms with van der Waals surface area (Å²) in [6.45, 7) is 5.86. The van der Waals surface area contributed by atoms with Crippen LogP contribution in [0.4, 0.5) is 4.39 Å². The number of hydrogen-bond acceptors (Lipinski definition) is 2. The van der Waals surface area contributed by atoms with Crippen molar-refractivity contribution in [1.29, 1.82) is 0 Å². The van der Waals surface area contributed by atoms with Crippen LogP contribution in [0.15, 0.2) is 24.3 Å². The number of likely N-dealkylation sites (tertiary alicyclic amines) is 1. The van der Waals surface area contributed by atoms with Crippen molar-refractivity contribution >= 4 is 11.8 Å². The number of rotatable bonds is 5. The molecule has 3 rings (SSSR count). The van der Waals surface area contributed by atoms with Gasteiger partial charge in [0.1, 0.15) is 5.82 Å². The van der Waals surface area contributed by atoms with Gasteiger partial charge in [0.05, 0.1) is 12.0 Å². The normalized spacial score (nSPS) is 21.7. The molecule has 0 aromatic heterocycles. The van der Waals surface area contributed by atoms with Crippen molar-refractivity contribution in [2.45, 2.75) is 45.6 Å². The van der Waals surface area contributed by atoms with Crippen molar-refractivity contribution in [3.8, 4) is 0 Å². The van der Waals surface area contributed by atoms with Crippen LogP contribution in [0.2, 0.25) is 0 Å². The van der Waals surface area contributed by atoms with E-state index in [1.54, 1.807) is 12.1 Å². The standard InChI is InChI=1S/C20H27FN2O2/c1-3-23(14(2)15-8-10-18(21)11-9-15)20(25)17-5-4-12-22(13-17)19(24)16-6-7-16/h8-11,14,16-17H,3-7,12-13H2,1-2H3/t14-,17-/m0/s1. The quantitative estimate of drug-likeness (QED) is 0.820. The molecule has 1 aromatic carbocycles. The second-order valence-electron chi connectivity index (χ2n) is 7.25. The predicted molar refractivity (Wildman–Crippen MR) is 94.2 cm³/mol. The van der Waals surface area contributed by atoms with E-state index in [1.165, 1.54) is 12.1 Å². The molecular formula is C20H27FN2O2. The monoisotopic (exact) mass is 346 g/mol. The van der Waals surface area contributed by atoms with Crippen LogP contribution >= 0.6 is 0 Å². The van der Waals surface area contributed by atoms with Gasteiger partial charge in [-0.1, -0.05) is 12.1 Å². The maximum absolute atomic E-state index is 13.2. The molecule has 1 aromatic rings. The first-order valence-corrected chi connectivity index (χ1v) is 9.36. The first-order valence-electron chi connectivity index (χ1n) is 9.36. The highest BCUT2D eigenvalue weighted by molar-refractivity contribution is 5.83. The third kappa shape index (κ3) is 4.02. The fraction of sp³-hybridized carbons (Fsp3) is 0.600. The van der Waals surface area contributed by atoms with Crippen molar-refractivity contribution < 1.29 is 14.0 Å². The predicted octanol–water partition coefficient (Wildman–Crippen LogP) is 3.38. The molecule has 2 atom stereocenters. The Kier molecular flexibility index (Phi) is 5.40. The lowest BCUT2D eigenvalue weighted by molar-refractivity contribution is -0.142. The van der Waals surface area contributed by atoms with Crippen LogP contribution in [-0.4, -0.2) is 41.2 Å². The average molecular weight is 346 g/mol. The number of benzene rings is 1. The molecule has 1 aliphatic heterocycles. The lowest BCUT2D eigenvalue weighted by Crippen LogP contribution is -2.47. The van der Waals surface area contributed by atoms with Crippen molar-refractivity contribution in [1.82, 2.24) is 9.80 Å². The maximum atomic E-state index is 13.2. The first-order chi connectivity index (χ1) is 12.0. The van der Waals surface area contributed by atoms with Crippen molar-refractivity contribution in [3.05, 3.63) is 35.6 Å². The molecule has 2 fully saturated rings. The molecule has 0 N–H and O–H groups in total. The fourth-order valence-corrected chi connectivity index (χ4v) is 3.74. The minimum atomic E-state index is -0.271. The molecule has 1 heterocycles. The van der Waals surface area contributed by atoms with E-state index in [4.69, 9.17) is 0 Å². The summed E-state index contributed by atoms with van der Waals surface area (Å²) in [5.74, 6) is 0.139. The molecule has 0 bridgehead atoms. The molecule has 2 aliphatic rings. The van der Waals surface area contributed by atoms with Gasteiger partial charge in [-0.3, -0.25) is 9.59 Å². The van der Waals surface area contributed by atoms with E-state index in [0.717, 1.165) is 37.8 Å². The molecule has 0 unspecified atom stereocenters. The summed E-state index contributed by atoms with van der Waals surface area (Å²) < 4.78 is 13.2. The highest BCUT2D eigenvalue weighted by Crippen LogP contribution is 2.33. The summed E-state index contributed by atoms with van der Waals surface area (Å²) in [6, 6.07) is 6.23. The van der Waals surface area contributed by atoms with Crippen molar-refractivity contribution in [3.63, 3.8) is 0 Å². The first kappa shape index (κ1) is 17.9. The minimum Gasteiger partial charge on any atom is -0.342 e. The molecule has 1 saturated carbocycles. The van der Waals surface area contributed by atoms with Gasteiger partial charge in [-0.15, -0.1) is 0 Å². The molecule has 25 heavy (non-hydrogen) atoms. The number of nitrogens with zero attached hydrogens (tertiary/aromatic N) is 2. The van der Waals surface area contributed by atoms with Gasteiger partial charge in [0.15, 0.2) is 0 Å². The highest BCUT2D eigenvalue weighted by Gasteiger charge is 2.38. The lowest BCUT2D eigenvalue weighted by Gasteiger charge is -2.37. The second-order valence-corrected chi connectivity index (χ2v) is 7.25. The zero-order valence-electron chi connectivity index (χ0n) is 15.1. The van der Waals surface area contributed by atoms with E-state index < -0.39 is 0 Å². The van der Waals surface area contributed by atoms with Gasteiger partial charge in [0, 0.05) is 25.6 Å².